The maximum Gasteiger partial charge on any atom is 0.405 e. The van der Waals surface area contributed by atoms with Crippen LogP contribution >= 0.6 is 11.8 Å². The molecule has 0 aromatic heterocycles. The van der Waals surface area contributed by atoms with Crippen molar-refractivity contribution in [2.45, 2.75) is 17.2 Å². The topological polar surface area (TPSA) is 78.4 Å². The maximum absolute atomic E-state index is 12.8. The van der Waals surface area contributed by atoms with Gasteiger partial charge in [-0.15, -0.1) is 18.3 Å². The highest BCUT2D eigenvalue weighted by Crippen LogP contribution is 2.48. The lowest BCUT2D eigenvalue weighted by molar-refractivity contribution is -0.122. The number of carbonyl (C=O) groups excluding carboxylic acids is 1. The monoisotopic (exact) mass is 460 g/mol. The van der Waals surface area contributed by atoms with Crippen LogP contribution in [-0.4, -0.2) is 35.4 Å². The highest BCUT2D eigenvalue weighted by Gasteiger charge is 2.38. The SMILES string of the molecule is C=CCCNC(=O)[C@H](CSC(c1ccccc1)(c1ccccc1)c1ccccc1)NC(=O)O. The summed E-state index contributed by atoms with van der Waals surface area (Å²) in [5, 5.41) is 14.6. The number of carbonyl (C=O) groups is 2. The minimum atomic E-state index is -1.23. The van der Waals surface area contributed by atoms with E-state index in [0.717, 1.165) is 16.7 Å². The van der Waals surface area contributed by atoms with Gasteiger partial charge in [-0.2, -0.15) is 0 Å². The third-order valence-electron chi connectivity index (χ3n) is 5.27. The van der Waals surface area contributed by atoms with E-state index in [0.29, 0.717) is 13.0 Å². The van der Waals surface area contributed by atoms with Gasteiger partial charge in [0, 0.05) is 12.3 Å². The highest BCUT2D eigenvalue weighted by atomic mass is 32.2. The fraction of sp³-hybridized carbons (Fsp3) is 0.185. The quantitative estimate of drug-likeness (QED) is 0.213. The van der Waals surface area contributed by atoms with Crippen molar-refractivity contribution in [3.8, 4) is 0 Å². The van der Waals surface area contributed by atoms with Gasteiger partial charge >= 0.3 is 6.09 Å². The first kappa shape index (κ1) is 24.1. The summed E-state index contributed by atoms with van der Waals surface area (Å²) in [5.74, 6) is -0.111. The van der Waals surface area contributed by atoms with Crippen molar-refractivity contribution in [3.63, 3.8) is 0 Å². The average molecular weight is 461 g/mol. The second-order valence-electron chi connectivity index (χ2n) is 7.46. The Kier molecular flexibility index (Phi) is 8.72. The molecule has 0 radical (unpaired) electrons. The standard InChI is InChI=1S/C27H28N2O3S/c1-2-3-19-28-25(30)24(29-26(31)32)20-33-27(21-13-7-4-8-14-21,22-15-9-5-10-16-22)23-17-11-6-12-18-23/h2,4-18,24,29H,1,3,19-20H2,(H,28,30)(H,31,32)/t24-/m0/s1. The van der Waals surface area contributed by atoms with Crippen LogP contribution in [0.2, 0.25) is 0 Å². The van der Waals surface area contributed by atoms with Crippen LogP contribution in [0.1, 0.15) is 23.1 Å². The third-order valence-corrected chi connectivity index (χ3v) is 6.91. The van der Waals surface area contributed by atoms with E-state index in [2.05, 4.69) is 53.6 Å². The molecule has 1 atom stereocenters. The Labute approximate surface area is 198 Å². The van der Waals surface area contributed by atoms with Gasteiger partial charge in [-0.05, 0) is 23.1 Å². The van der Waals surface area contributed by atoms with Crippen molar-refractivity contribution >= 4 is 23.8 Å². The van der Waals surface area contributed by atoms with E-state index in [1.54, 1.807) is 6.08 Å². The van der Waals surface area contributed by atoms with Gasteiger partial charge in [-0.1, -0.05) is 97.1 Å². The fourth-order valence-electron chi connectivity index (χ4n) is 3.73. The van der Waals surface area contributed by atoms with Gasteiger partial charge in [0.25, 0.3) is 0 Å². The maximum atomic E-state index is 12.8. The molecule has 5 nitrogen and oxygen atoms in total. The molecule has 0 aliphatic rings. The number of nitrogens with one attached hydrogen (secondary N) is 2. The normalized spacial score (nSPS) is 11.9. The van der Waals surface area contributed by atoms with E-state index in [9.17, 15) is 14.7 Å². The largest absolute Gasteiger partial charge is 0.465 e. The van der Waals surface area contributed by atoms with E-state index in [4.69, 9.17) is 0 Å². The Morgan fingerprint density at radius 1 is 0.879 bits per heavy atom. The molecule has 3 N–H and O–H groups in total. The van der Waals surface area contributed by atoms with E-state index in [1.807, 2.05) is 54.6 Å². The van der Waals surface area contributed by atoms with Crippen molar-refractivity contribution in [1.29, 1.82) is 0 Å². The van der Waals surface area contributed by atoms with E-state index in [1.165, 1.54) is 11.8 Å². The number of rotatable bonds is 11. The van der Waals surface area contributed by atoms with Gasteiger partial charge in [0.2, 0.25) is 5.91 Å². The summed E-state index contributed by atoms with van der Waals surface area (Å²) in [4.78, 5) is 24.3. The van der Waals surface area contributed by atoms with Gasteiger partial charge in [0.05, 0.1) is 4.75 Å². The summed E-state index contributed by atoms with van der Waals surface area (Å²) in [6.45, 7) is 4.06. The molecule has 0 saturated carbocycles. The van der Waals surface area contributed by atoms with Crippen molar-refractivity contribution in [2.75, 3.05) is 12.3 Å². The summed E-state index contributed by atoms with van der Waals surface area (Å²) in [6, 6.07) is 29.3. The first-order valence-electron chi connectivity index (χ1n) is 10.8. The predicted octanol–water partition coefficient (Wildman–Crippen LogP) is 5.04. The minimum Gasteiger partial charge on any atom is -0.465 e. The van der Waals surface area contributed by atoms with Crippen LogP contribution in [0.5, 0.6) is 0 Å². The lowest BCUT2D eigenvalue weighted by Gasteiger charge is -2.36. The van der Waals surface area contributed by atoms with Crippen LogP contribution in [0.3, 0.4) is 0 Å². The van der Waals surface area contributed by atoms with Crippen molar-refractivity contribution in [3.05, 3.63) is 120 Å². The molecule has 33 heavy (non-hydrogen) atoms. The first-order chi connectivity index (χ1) is 16.1. The summed E-state index contributed by atoms with van der Waals surface area (Å²) in [7, 11) is 0. The third kappa shape index (κ3) is 6.05. The zero-order chi connectivity index (χ0) is 23.5. The second-order valence-corrected chi connectivity index (χ2v) is 8.70. The summed E-state index contributed by atoms with van der Waals surface area (Å²) in [6.07, 6.45) is 1.09. The molecule has 0 aliphatic carbocycles. The van der Waals surface area contributed by atoms with Crippen molar-refractivity contribution in [2.24, 2.45) is 0 Å². The summed E-state index contributed by atoms with van der Waals surface area (Å²) >= 11 is 1.54. The zero-order valence-corrected chi connectivity index (χ0v) is 19.1. The van der Waals surface area contributed by atoms with Crippen molar-refractivity contribution in [1.82, 2.24) is 10.6 Å². The lowest BCUT2D eigenvalue weighted by atomic mass is 9.84. The molecule has 0 saturated heterocycles. The van der Waals surface area contributed by atoms with E-state index < -0.39 is 16.9 Å². The number of hydrogen-bond donors (Lipinski definition) is 3. The molecule has 0 fully saturated rings. The molecule has 6 heteroatoms. The van der Waals surface area contributed by atoms with E-state index >= 15 is 0 Å². The zero-order valence-electron chi connectivity index (χ0n) is 18.3. The molecule has 0 spiro atoms. The van der Waals surface area contributed by atoms with Gasteiger partial charge < -0.3 is 15.7 Å². The molecule has 2 amide bonds. The molecule has 3 aromatic carbocycles. The molecular formula is C27H28N2O3S. The van der Waals surface area contributed by atoms with Crippen LogP contribution in [-0.2, 0) is 9.54 Å². The highest BCUT2D eigenvalue weighted by molar-refractivity contribution is 8.00. The summed E-state index contributed by atoms with van der Waals surface area (Å²) in [5.41, 5.74) is 3.15. The summed E-state index contributed by atoms with van der Waals surface area (Å²) < 4.78 is -0.635. The van der Waals surface area contributed by atoms with Crippen LogP contribution < -0.4 is 10.6 Å². The number of amides is 2. The van der Waals surface area contributed by atoms with Gasteiger partial charge in [-0.3, -0.25) is 4.79 Å². The van der Waals surface area contributed by atoms with Gasteiger partial charge in [0.15, 0.2) is 0 Å². The predicted molar refractivity (Wildman–Crippen MR) is 134 cm³/mol. The minimum absolute atomic E-state index is 0.241. The first-order valence-corrected chi connectivity index (χ1v) is 11.7. The van der Waals surface area contributed by atoms with Crippen LogP contribution in [0.4, 0.5) is 4.79 Å². The molecule has 3 aromatic rings. The van der Waals surface area contributed by atoms with Crippen LogP contribution in [0, 0.1) is 0 Å². The Morgan fingerprint density at radius 3 is 1.73 bits per heavy atom. The molecule has 0 unspecified atom stereocenters. The number of benzene rings is 3. The molecule has 3 rings (SSSR count). The Balaban J connectivity index is 2.04. The number of thioether (sulfide) groups is 1. The average Bonchev–Trinajstić information content (AvgIpc) is 2.85. The second kappa shape index (κ2) is 11.9. The Morgan fingerprint density at radius 2 is 1.33 bits per heavy atom. The van der Waals surface area contributed by atoms with Crippen LogP contribution in [0.15, 0.2) is 104 Å². The molecule has 170 valence electrons. The van der Waals surface area contributed by atoms with Gasteiger partial charge in [0.1, 0.15) is 6.04 Å². The molecular weight excluding hydrogens is 432 g/mol. The number of hydrogen-bond acceptors (Lipinski definition) is 3. The Hall–Kier alpha value is -3.51. The molecule has 0 heterocycles. The van der Waals surface area contributed by atoms with Gasteiger partial charge in [-0.25, -0.2) is 4.79 Å². The van der Waals surface area contributed by atoms with E-state index in [-0.39, 0.29) is 11.7 Å². The molecule has 0 aliphatic heterocycles. The lowest BCUT2D eigenvalue weighted by Crippen LogP contribution is -2.48. The Bertz CT molecular complexity index is 946. The smallest absolute Gasteiger partial charge is 0.405 e. The molecule has 0 bridgehead atoms. The fourth-order valence-corrected chi connectivity index (χ4v) is 5.29. The van der Waals surface area contributed by atoms with Crippen LogP contribution in [0.25, 0.3) is 0 Å². The van der Waals surface area contributed by atoms with Crippen molar-refractivity contribution < 1.29 is 14.7 Å². The number of carboxylic acid groups (broad SMARTS) is 1.